The van der Waals surface area contributed by atoms with Crippen molar-refractivity contribution < 1.29 is 19.5 Å². The first-order valence-electron chi connectivity index (χ1n) is 10.3. The molecule has 0 bridgehead atoms. The second-order valence-electron chi connectivity index (χ2n) is 7.69. The number of carbonyl (C=O) groups excluding carboxylic acids is 1. The van der Waals surface area contributed by atoms with Crippen LogP contribution in [-0.2, 0) is 14.4 Å². The number of para-hydroxylation sites is 1. The van der Waals surface area contributed by atoms with E-state index in [1.807, 2.05) is 60.7 Å². The molecule has 3 aromatic rings. The Morgan fingerprint density at radius 2 is 1.80 bits per heavy atom. The van der Waals surface area contributed by atoms with Gasteiger partial charge in [0.15, 0.2) is 0 Å². The Labute approximate surface area is 174 Å². The van der Waals surface area contributed by atoms with Crippen LogP contribution in [0.1, 0.15) is 43.8 Å². The van der Waals surface area contributed by atoms with E-state index in [9.17, 15) is 9.59 Å². The van der Waals surface area contributed by atoms with Gasteiger partial charge in [0.2, 0.25) is 0 Å². The molecule has 1 aromatic heterocycles. The number of nitrogens with zero attached hydrogens (tertiary/aromatic N) is 1. The molecule has 2 aromatic carbocycles. The van der Waals surface area contributed by atoms with Gasteiger partial charge in [0, 0.05) is 10.9 Å². The normalized spacial score (nSPS) is 15.6. The number of aliphatic carboxylic acids is 1. The molecule has 0 radical (unpaired) electrons. The summed E-state index contributed by atoms with van der Waals surface area (Å²) < 4.78 is 0. The van der Waals surface area contributed by atoms with E-state index in [1.54, 1.807) is 0 Å². The van der Waals surface area contributed by atoms with E-state index in [0.717, 1.165) is 53.4 Å². The zero-order valence-electron chi connectivity index (χ0n) is 16.6. The van der Waals surface area contributed by atoms with Gasteiger partial charge in [-0.2, -0.15) is 0 Å². The van der Waals surface area contributed by atoms with E-state index in [2.05, 4.69) is 5.48 Å². The SMILES string of the molecule is O=C(O)C(=O)NOC(c1cccc(-c2ccc3ccccc3n2)c1)C1CCCCC1. The van der Waals surface area contributed by atoms with Gasteiger partial charge in [0.1, 0.15) is 6.10 Å². The summed E-state index contributed by atoms with van der Waals surface area (Å²) >= 11 is 0. The molecule has 1 aliphatic rings. The number of carboxylic acids is 1. The fraction of sp³-hybridized carbons (Fsp3) is 0.292. The largest absolute Gasteiger partial charge is 0.474 e. The van der Waals surface area contributed by atoms with Gasteiger partial charge < -0.3 is 5.11 Å². The Kier molecular flexibility index (Phi) is 6.05. The molecule has 6 nitrogen and oxygen atoms in total. The van der Waals surface area contributed by atoms with Crippen LogP contribution in [0.25, 0.3) is 22.2 Å². The number of carboxylic acid groups (broad SMARTS) is 1. The van der Waals surface area contributed by atoms with Crippen LogP contribution in [0.3, 0.4) is 0 Å². The van der Waals surface area contributed by atoms with Crippen LogP contribution in [0.4, 0.5) is 0 Å². The predicted molar refractivity (Wildman–Crippen MR) is 113 cm³/mol. The third-order valence-electron chi connectivity index (χ3n) is 5.66. The molecule has 1 aliphatic carbocycles. The van der Waals surface area contributed by atoms with Gasteiger partial charge in [-0.25, -0.2) is 15.3 Å². The molecule has 0 aliphatic heterocycles. The second kappa shape index (κ2) is 9.05. The smallest absolute Gasteiger partial charge is 0.396 e. The maximum atomic E-state index is 11.5. The number of pyridine rings is 1. The maximum Gasteiger partial charge on any atom is 0.396 e. The van der Waals surface area contributed by atoms with E-state index in [-0.39, 0.29) is 5.92 Å². The maximum absolute atomic E-state index is 11.5. The number of nitrogens with one attached hydrogen (secondary N) is 1. The van der Waals surface area contributed by atoms with Crippen molar-refractivity contribution in [2.45, 2.75) is 38.2 Å². The number of carbonyl (C=O) groups is 2. The summed E-state index contributed by atoms with van der Waals surface area (Å²) in [5.74, 6) is -2.51. The van der Waals surface area contributed by atoms with Crippen LogP contribution in [0.2, 0.25) is 0 Å². The lowest BCUT2D eigenvalue weighted by Crippen LogP contribution is -2.34. The summed E-state index contributed by atoms with van der Waals surface area (Å²) in [7, 11) is 0. The minimum Gasteiger partial charge on any atom is -0.474 e. The Morgan fingerprint density at radius 1 is 1.00 bits per heavy atom. The summed E-state index contributed by atoms with van der Waals surface area (Å²) in [6, 6.07) is 19.9. The first-order valence-corrected chi connectivity index (χ1v) is 10.3. The van der Waals surface area contributed by atoms with Crippen molar-refractivity contribution in [2.24, 2.45) is 5.92 Å². The zero-order chi connectivity index (χ0) is 20.9. The summed E-state index contributed by atoms with van der Waals surface area (Å²) in [6.07, 6.45) is 4.94. The standard InChI is InChI=1S/C24H24N2O4/c27-23(24(28)29)26-30-22(17-8-2-1-3-9-17)19-11-6-10-18(15-19)21-14-13-16-7-4-5-12-20(16)25-21/h4-7,10-15,17,22H,1-3,8-9H2,(H,26,27)(H,28,29). The fourth-order valence-corrected chi connectivity index (χ4v) is 4.14. The number of amides is 1. The molecule has 1 fully saturated rings. The van der Waals surface area contributed by atoms with Crippen molar-refractivity contribution >= 4 is 22.8 Å². The van der Waals surface area contributed by atoms with Gasteiger partial charge in [-0.15, -0.1) is 0 Å². The number of benzene rings is 2. The molecule has 4 rings (SSSR count). The van der Waals surface area contributed by atoms with Crippen molar-refractivity contribution in [3.8, 4) is 11.3 Å². The first-order chi connectivity index (χ1) is 14.6. The minimum absolute atomic E-state index is 0.215. The Morgan fingerprint density at radius 3 is 2.60 bits per heavy atom. The molecule has 1 atom stereocenters. The zero-order valence-corrected chi connectivity index (χ0v) is 16.6. The van der Waals surface area contributed by atoms with Gasteiger partial charge in [0.05, 0.1) is 11.2 Å². The summed E-state index contributed by atoms with van der Waals surface area (Å²) in [4.78, 5) is 32.8. The van der Waals surface area contributed by atoms with Crippen LogP contribution in [0, 0.1) is 5.92 Å². The topological polar surface area (TPSA) is 88.5 Å². The molecule has 0 saturated heterocycles. The van der Waals surface area contributed by atoms with E-state index in [1.165, 1.54) is 6.42 Å². The average molecular weight is 404 g/mol. The highest BCUT2D eigenvalue weighted by atomic mass is 16.7. The predicted octanol–water partition coefficient (Wildman–Crippen LogP) is 4.66. The molecule has 1 unspecified atom stereocenters. The minimum atomic E-state index is -1.56. The molecule has 1 heterocycles. The highest BCUT2D eigenvalue weighted by molar-refractivity contribution is 6.31. The second-order valence-corrected chi connectivity index (χ2v) is 7.69. The summed E-state index contributed by atoms with van der Waals surface area (Å²) in [5, 5.41) is 9.94. The van der Waals surface area contributed by atoms with Crippen molar-refractivity contribution in [1.82, 2.24) is 10.5 Å². The van der Waals surface area contributed by atoms with Crippen LogP contribution < -0.4 is 5.48 Å². The van der Waals surface area contributed by atoms with Gasteiger partial charge in [-0.3, -0.25) is 9.63 Å². The quantitative estimate of drug-likeness (QED) is 0.477. The van der Waals surface area contributed by atoms with Crippen molar-refractivity contribution in [3.63, 3.8) is 0 Å². The number of hydrogen-bond donors (Lipinski definition) is 2. The van der Waals surface area contributed by atoms with E-state index < -0.39 is 18.0 Å². The highest BCUT2D eigenvalue weighted by Gasteiger charge is 2.28. The summed E-state index contributed by atoms with van der Waals surface area (Å²) in [5.41, 5.74) is 5.74. The molecule has 2 N–H and O–H groups in total. The fourth-order valence-electron chi connectivity index (χ4n) is 4.14. The molecule has 30 heavy (non-hydrogen) atoms. The van der Waals surface area contributed by atoms with Crippen LogP contribution in [0.15, 0.2) is 60.7 Å². The van der Waals surface area contributed by atoms with Gasteiger partial charge >= 0.3 is 11.9 Å². The third-order valence-corrected chi connectivity index (χ3v) is 5.66. The van der Waals surface area contributed by atoms with Gasteiger partial charge in [-0.05, 0) is 42.5 Å². The lowest BCUT2D eigenvalue weighted by Gasteiger charge is -2.30. The van der Waals surface area contributed by atoms with Crippen LogP contribution in [0.5, 0.6) is 0 Å². The Bertz CT molecular complexity index is 1060. The number of hydrogen-bond acceptors (Lipinski definition) is 4. The van der Waals surface area contributed by atoms with Crippen molar-refractivity contribution in [1.29, 1.82) is 0 Å². The van der Waals surface area contributed by atoms with Crippen LogP contribution >= 0.6 is 0 Å². The Hall–Kier alpha value is -3.25. The van der Waals surface area contributed by atoms with E-state index >= 15 is 0 Å². The Balaban J connectivity index is 1.64. The molecular formula is C24H24N2O4. The van der Waals surface area contributed by atoms with Crippen molar-refractivity contribution in [2.75, 3.05) is 0 Å². The highest BCUT2D eigenvalue weighted by Crippen LogP contribution is 2.37. The summed E-state index contributed by atoms with van der Waals surface area (Å²) in [6.45, 7) is 0. The molecule has 154 valence electrons. The third kappa shape index (κ3) is 4.49. The first kappa shape index (κ1) is 20.0. The number of fused-ring (bicyclic) bond motifs is 1. The van der Waals surface area contributed by atoms with Gasteiger partial charge in [-0.1, -0.05) is 61.7 Å². The average Bonchev–Trinajstić information content (AvgIpc) is 2.79. The van der Waals surface area contributed by atoms with E-state index in [4.69, 9.17) is 14.9 Å². The van der Waals surface area contributed by atoms with Gasteiger partial charge in [0.25, 0.3) is 0 Å². The van der Waals surface area contributed by atoms with Crippen LogP contribution in [-0.4, -0.2) is 22.0 Å². The lowest BCUT2D eigenvalue weighted by molar-refractivity contribution is -0.161. The monoisotopic (exact) mass is 404 g/mol. The molecule has 1 saturated carbocycles. The number of aromatic nitrogens is 1. The molecule has 1 amide bonds. The van der Waals surface area contributed by atoms with Crippen molar-refractivity contribution in [3.05, 3.63) is 66.2 Å². The molecular weight excluding hydrogens is 380 g/mol. The lowest BCUT2D eigenvalue weighted by atomic mass is 9.82. The number of rotatable bonds is 5. The molecule has 6 heteroatoms. The number of hydroxylamine groups is 1. The van der Waals surface area contributed by atoms with E-state index in [0.29, 0.717) is 0 Å². The molecule has 0 spiro atoms.